The first kappa shape index (κ1) is 21.2. The quantitative estimate of drug-likeness (QED) is 0.643. The van der Waals surface area contributed by atoms with Crippen molar-refractivity contribution in [3.63, 3.8) is 0 Å². The van der Waals surface area contributed by atoms with Crippen LogP contribution in [0.15, 0.2) is 42.5 Å². The van der Waals surface area contributed by atoms with Crippen molar-refractivity contribution < 1.29 is 14.6 Å². The van der Waals surface area contributed by atoms with Crippen molar-refractivity contribution in [3.8, 4) is 0 Å². The summed E-state index contributed by atoms with van der Waals surface area (Å²) >= 11 is 18.5. The van der Waals surface area contributed by atoms with E-state index in [0.717, 1.165) is 11.3 Å². The van der Waals surface area contributed by atoms with Gasteiger partial charge >= 0.3 is 0 Å². The molecule has 8 heteroatoms. The number of benzene rings is 2. The van der Waals surface area contributed by atoms with Gasteiger partial charge in [-0.05, 0) is 35.9 Å². The maximum absolute atomic E-state index is 12.5. The molecule has 150 valence electrons. The van der Waals surface area contributed by atoms with Gasteiger partial charge in [0.25, 0.3) is 0 Å². The predicted molar refractivity (Wildman–Crippen MR) is 110 cm³/mol. The average Bonchev–Trinajstić information content (AvgIpc) is 2.68. The molecular formula is C20H20Cl3N2O3-. The highest BCUT2D eigenvalue weighted by atomic mass is 35.5. The maximum Gasteiger partial charge on any atom is 0.248 e. The van der Waals surface area contributed by atoms with E-state index in [4.69, 9.17) is 39.5 Å². The molecule has 3 rings (SSSR count). The number of amides is 1. The topological polar surface area (TPSA) is 55.8 Å². The lowest BCUT2D eigenvalue weighted by molar-refractivity contribution is -0.373. The van der Waals surface area contributed by atoms with Crippen LogP contribution in [-0.4, -0.2) is 50.3 Å². The minimum atomic E-state index is -0.358. The second kappa shape index (κ2) is 9.81. The fourth-order valence-electron chi connectivity index (χ4n) is 3.29. The molecule has 0 N–H and O–H groups in total. The van der Waals surface area contributed by atoms with E-state index in [1.165, 1.54) is 0 Å². The van der Waals surface area contributed by atoms with Gasteiger partial charge in [-0.3, -0.25) is 4.79 Å². The van der Waals surface area contributed by atoms with Crippen molar-refractivity contribution in [2.75, 3.05) is 44.4 Å². The Kier molecular flexibility index (Phi) is 7.43. The SMILES string of the molecule is O=C(COCC[O-])N1CCN(c2ccc(Cl)cc2Cl)C(c2ccc(Cl)cc2)C1. The van der Waals surface area contributed by atoms with Crippen molar-refractivity contribution in [2.45, 2.75) is 6.04 Å². The van der Waals surface area contributed by atoms with Crippen LogP contribution in [0.3, 0.4) is 0 Å². The van der Waals surface area contributed by atoms with E-state index in [1.54, 1.807) is 17.0 Å². The molecule has 5 nitrogen and oxygen atoms in total. The molecule has 0 radical (unpaired) electrons. The summed E-state index contributed by atoms with van der Waals surface area (Å²) in [7, 11) is 0. The van der Waals surface area contributed by atoms with Gasteiger partial charge in [0.2, 0.25) is 5.91 Å². The third kappa shape index (κ3) is 5.10. The van der Waals surface area contributed by atoms with Gasteiger partial charge in [0, 0.05) is 36.3 Å². The molecule has 2 aromatic rings. The molecule has 1 unspecified atom stereocenters. The fourth-order valence-corrected chi connectivity index (χ4v) is 3.93. The summed E-state index contributed by atoms with van der Waals surface area (Å²) in [6, 6.07) is 12.9. The Morgan fingerprint density at radius 2 is 1.79 bits per heavy atom. The van der Waals surface area contributed by atoms with Crippen LogP contribution in [0.1, 0.15) is 11.6 Å². The molecule has 1 atom stereocenters. The van der Waals surface area contributed by atoms with E-state index in [1.807, 2.05) is 30.3 Å². The van der Waals surface area contributed by atoms with Crippen molar-refractivity contribution in [1.82, 2.24) is 4.90 Å². The van der Waals surface area contributed by atoms with Crippen LogP contribution >= 0.6 is 34.8 Å². The number of hydrogen-bond donors (Lipinski definition) is 0. The molecule has 1 saturated heterocycles. The summed E-state index contributed by atoms with van der Waals surface area (Å²) in [5.41, 5.74) is 1.88. The van der Waals surface area contributed by atoms with Crippen molar-refractivity contribution in [3.05, 3.63) is 63.1 Å². The Morgan fingerprint density at radius 3 is 2.46 bits per heavy atom. The molecule has 1 aliphatic heterocycles. The van der Waals surface area contributed by atoms with Crippen molar-refractivity contribution in [1.29, 1.82) is 0 Å². The highest BCUT2D eigenvalue weighted by Crippen LogP contribution is 2.36. The standard InChI is InChI=1S/C20H20Cl3N2O3/c21-15-3-1-14(2-4-15)19-12-24(20(27)13-28-10-9-26)7-8-25(19)18-6-5-16(22)11-17(18)23/h1-6,11,19H,7-10,12-13H2/q-1. The minimum absolute atomic E-state index is 0.0344. The van der Waals surface area contributed by atoms with Crippen LogP contribution in [0, 0.1) is 0 Å². The van der Waals surface area contributed by atoms with E-state index in [2.05, 4.69) is 4.90 Å². The zero-order valence-electron chi connectivity index (χ0n) is 15.1. The van der Waals surface area contributed by atoms with Crippen LogP contribution in [0.4, 0.5) is 5.69 Å². The van der Waals surface area contributed by atoms with Crippen LogP contribution in [0.25, 0.3) is 0 Å². The van der Waals surface area contributed by atoms with Crippen LogP contribution in [-0.2, 0) is 9.53 Å². The Bertz CT molecular complexity index is 817. The van der Waals surface area contributed by atoms with Gasteiger partial charge in [-0.15, -0.1) is 6.61 Å². The first-order chi connectivity index (χ1) is 13.5. The average molecular weight is 443 g/mol. The van der Waals surface area contributed by atoms with Gasteiger partial charge in [0.05, 0.1) is 16.8 Å². The lowest BCUT2D eigenvalue weighted by atomic mass is 10.0. The number of piperazine rings is 1. The third-order valence-electron chi connectivity index (χ3n) is 4.66. The Balaban J connectivity index is 1.85. The van der Waals surface area contributed by atoms with Crippen molar-refractivity contribution in [2.24, 2.45) is 0 Å². The number of hydrogen-bond acceptors (Lipinski definition) is 4. The van der Waals surface area contributed by atoms with E-state index in [-0.39, 0.29) is 31.8 Å². The first-order valence-electron chi connectivity index (χ1n) is 8.90. The molecule has 1 heterocycles. The number of carbonyl (C=O) groups excluding carboxylic acids is 1. The van der Waals surface area contributed by atoms with Gasteiger partial charge in [-0.25, -0.2) is 0 Å². The Labute approximate surface area is 179 Å². The van der Waals surface area contributed by atoms with Gasteiger partial charge in [-0.1, -0.05) is 46.9 Å². The van der Waals surface area contributed by atoms with Gasteiger partial charge in [-0.2, -0.15) is 0 Å². The number of anilines is 1. The smallest absolute Gasteiger partial charge is 0.248 e. The first-order valence-corrected chi connectivity index (χ1v) is 10.0. The lowest BCUT2D eigenvalue weighted by Gasteiger charge is -2.43. The fraction of sp³-hybridized carbons (Fsp3) is 0.350. The minimum Gasteiger partial charge on any atom is -0.853 e. The van der Waals surface area contributed by atoms with Crippen molar-refractivity contribution >= 4 is 46.4 Å². The summed E-state index contributed by atoms with van der Waals surface area (Å²) < 4.78 is 5.13. The van der Waals surface area contributed by atoms with Gasteiger partial charge < -0.3 is 19.6 Å². The Hall–Kier alpha value is -1.50. The number of rotatable bonds is 6. The largest absolute Gasteiger partial charge is 0.853 e. The lowest BCUT2D eigenvalue weighted by Crippen LogP contribution is -2.51. The number of nitrogens with zero attached hydrogens (tertiary/aromatic N) is 2. The molecule has 1 fully saturated rings. The number of ether oxygens (including phenoxy) is 1. The van der Waals surface area contributed by atoms with E-state index in [9.17, 15) is 9.90 Å². The number of carbonyl (C=O) groups is 1. The highest BCUT2D eigenvalue weighted by Gasteiger charge is 2.31. The second-order valence-electron chi connectivity index (χ2n) is 6.45. The number of halogens is 3. The third-order valence-corrected chi connectivity index (χ3v) is 5.45. The zero-order valence-corrected chi connectivity index (χ0v) is 17.4. The molecule has 0 bridgehead atoms. The summed E-state index contributed by atoms with van der Waals surface area (Å²) in [6.45, 7) is 1.19. The summed E-state index contributed by atoms with van der Waals surface area (Å²) in [4.78, 5) is 16.4. The zero-order chi connectivity index (χ0) is 20.1. The molecule has 0 saturated carbocycles. The summed E-state index contributed by atoms with van der Waals surface area (Å²) in [5.74, 6) is -0.130. The normalized spacial score (nSPS) is 17.1. The molecular weight excluding hydrogens is 423 g/mol. The monoisotopic (exact) mass is 441 g/mol. The molecule has 1 amide bonds. The maximum atomic E-state index is 12.5. The molecule has 0 aromatic heterocycles. The highest BCUT2D eigenvalue weighted by molar-refractivity contribution is 6.36. The molecule has 1 aliphatic rings. The second-order valence-corrected chi connectivity index (χ2v) is 7.73. The van der Waals surface area contributed by atoms with E-state index in [0.29, 0.717) is 34.7 Å². The predicted octanol–water partition coefficient (Wildman–Crippen LogP) is 3.41. The summed E-state index contributed by atoms with van der Waals surface area (Å²) in [5, 5.41) is 12.3. The Morgan fingerprint density at radius 1 is 1.07 bits per heavy atom. The van der Waals surface area contributed by atoms with E-state index >= 15 is 0 Å². The summed E-state index contributed by atoms with van der Waals surface area (Å²) in [6.07, 6.45) is 0. The molecule has 28 heavy (non-hydrogen) atoms. The van der Waals surface area contributed by atoms with Crippen LogP contribution < -0.4 is 10.0 Å². The molecule has 0 spiro atoms. The van der Waals surface area contributed by atoms with Gasteiger partial charge in [0.1, 0.15) is 6.61 Å². The van der Waals surface area contributed by atoms with Crippen LogP contribution in [0.5, 0.6) is 0 Å². The van der Waals surface area contributed by atoms with E-state index < -0.39 is 0 Å². The molecule has 0 aliphatic carbocycles. The van der Waals surface area contributed by atoms with Crippen LogP contribution in [0.2, 0.25) is 15.1 Å². The van der Waals surface area contributed by atoms with Gasteiger partial charge in [0.15, 0.2) is 0 Å². The molecule has 2 aromatic carbocycles.